The van der Waals surface area contributed by atoms with Gasteiger partial charge in [-0.1, -0.05) is 0 Å². The molecule has 1 heterocycles. The van der Waals surface area contributed by atoms with Gasteiger partial charge in [-0.05, 0) is 0 Å². The number of aromatic carboxylic acids is 2. The van der Waals surface area contributed by atoms with Crippen LogP contribution in [0.1, 0.15) is 20.8 Å². The van der Waals surface area contributed by atoms with Gasteiger partial charge >= 0.3 is 17.6 Å². The standard InChI is InChI=1S/C6H4N2O6/c9-3-1(4(10)11)2(5(12)13)7-6(14)8-3/h(H,10,11)(H,12,13)(H2,7,8,9,14). The quantitative estimate of drug-likeness (QED) is 0.456. The van der Waals surface area contributed by atoms with E-state index in [2.05, 4.69) is 0 Å². The first kappa shape index (κ1) is 9.71. The third-order valence-electron chi connectivity index (χ3n) is 1.37. The number of rotatable bonds is 2. The van der Waals surface area contributed by atoms with E-state index in [1.165, 1.54) is 0 Å². The topological polar surface area (TPSA) is 140 Å². The Bertz CT molecular complexity index is 510. The van der Waals surface area contributed by atoms with Crippen LogP contribution in [0.4, 0.5) is 0 Å². The monoisotopic (exact) mass is 200 g/mol. The van der Waals surface area contributed by atoms with Gasteiger partial charge in [0, 0.05) is 0 Å². The highest BCUT2D eigenvalue weighted by molar-refractivity contribution is 5.99. The van der Waals surface area contributed by atoms with Crippen molar-refractivity contribution in [2.75, 3.05) is 0 Å². The van der Waals surface area contributed by atoms with Crippen LogP contribution in [0.25, 0.3) is 0 Å². The van der Waals surface area contributed by atoms with Crippen molar-refractivity contribution in [3.05, 3.63) is 32.1 Å². The summed E-state index contributed by atoms with van der Waals surface area (Å²) in [4.78, 5) is 45.7. The van der Waals surface area contributed by atoms with Crippen LogP contribution in [0, 0.1) is 0 Å². The van der Waals surface area contributed by atoms with Crippen molar-refractivity contribution in [1.82, 2.24) is 9.97 Å². The summed E-state index contributed by atoms with van der Waals surface area (Å²) in [5.41, 5.74) is -4.26. The third kappa shape index (κ3) is 1.53. The maximum absolute atomic E-state index is 10.9. The molecule has 0 spiro atoms. The van der Waals surface area contributed by atoms with E-state index in [4.69, 9.17) is 10.2 Å². The lowest BCUT2D eigenvalue weighted by molar-refractivity contribution is 0.0644. The van der Waals surface area contributed by atoms with Gasteiger partial charge < -0.3 is 15.2 Å². The summed E-state index contributed by atoms with van der Waals surface area (Å²) in [6.45, 7) is 0. The van der Waals surface area contributed by atoms with Crippen LogP contribution >= 0.6 is 0 Å². The molecule has 0 aromatic carbocycles. The highest BCUT2D eigenvalue weighted by atomic mass is 16.4. The van der Waals surface area contributed by atoms with Crippen molar-refractivity contribution < 1.29 is 19.8 Å². The molecule has 0 amide bonds. The lowest BCUT2D eigenvalue weighted by Gasteiger charge is -1.97. The van der Waals surface area contributed by atoms with Crippen molar-refractivity contribution in [1.29, 1.82) is 0 Å². The maximum atomic E-state index is 10.9. The molecule has 0 radical (unpaired) electrons. The predicted molar refractivity (Wildman–Crippen MR) is 41.6 cm³/mol. The summed E-state index contributed by atoms with van der Waals surface area (Å²) in [6, 6.07) is 0. The van der Waals surface area contributed by atoms with Gasteiger partial charge in [-0.2, -0.15) is 0 Å². The number of nitrogens with one attached hydrogen (secondary N) is 2. The van der Waals surface area contributed by atoms with E-state index in [9.17, 15) is 19.2 Å². The minimum absolute atomic E-state index is 0.939. The van der Waals surface area contributed by atoms with Crippen molar-refractivity contribution in [3.8, 4) is 0 Å². The Morgan fingerprint density at radius 3 is 2.00 bits per heavy atom. The second-order valence-corrected chi connectivity index (χ2v) is 2.27. The third-order valence-corrected chi connectivity index (χ3v) is 1.37. The summed E-state index contributed by atoms with van der Waals surface area (Å²) < 4.78 is 0. The van der Waals surface area contributed by atoms with E-state index < -0.39 is 34.4 Å². The molecule has 8 heteroatoms. The summed E-state index contributed by atoms with van der Waals surface area (Å²) >= 11 is 0. The molecular weight excluding hydrogens is 196 g/mol. The van der Waals surface area contributed by atoms with Crippen molar-refractivity contribution in [2.45, 2.75) is 0 Å². The molecule has 0 aliphatic heterocycles. The highest BCUT2D eigenvalue weighted by Crippen LogP contribution is 1.96. The summed E-state index contributed by atoms with van der Waals surface area (Å²) in [6.07, 6.45) is 0. The number of carbonyl (C=O) groups is 2. The van der Waals surface area contributed by atoms with Crippen LogP contribution in [0.15, 0.2) is 9.59 Å². The Morgan fingerprint density at radius 2 is 1.57 bits per heavy atom. The van der Waals surface area contributed by atoms with Crippen LogP contribution in [-0.2, 0) is 0 Å². The molecule has 14 heavy (non-hydrogen) atoms. The van der Waals surface area contributed by atoms with Crippen LogP contribution in [0.5, 0.6) is 0 Å². The Hall–Kier alpha value is -2.38. The molecule has 1 aromatic heterocycles. The van der Waals surface area contributed by atoms with Crippen molar-refractivity contribution >= 4 is 11.9 Å². The SMILES string of the molecule is O=C(O)c1[nH]c(=O)[nH]c(=O)c1C(=O)O. The fourth-order valence-electron chi connectivity index (χ4n) is 0.851. The van der Waals surface area contributed by atoms with E-state index >= 15 is 0 Å². The highest BCUT2D eigenvalue weighted by Gasteiger charge is 2.21. The number of hydrogen-bond donors (Lipinski definition) is 4. The predicted octanol–water partition coefficient (Wildman–Crippen LogP) is -1.54. The van der Waals surface area contributed by atoms with Crippen LogP contribution in [0.2, 0.25) is 0 Å². The first-order valence-corrected chi connectivity index (χ1v) is 3.26. The zero-order valence-electron chi connectivity index (χ0n) is 6.53. The lowest BCUT2D eigenvalue weighted by Crippen LogP contribution is -2.32. The van der Waals surface area contributed by atoms with Gasteiger partial charge in [-0.15, -0.1) is 0 Å². The number of carboxylic acids is 2. The number of aromatic amines is 2. The lowest BCUT2D eigenvalue weighted by atomic mass is 10.2. The molecular formula is C6H4N2O6. The van der Waals surface area contributed by atoms with Gasteiger partial charge in [0.05, 0.1) is 0 Å². The molecule has 0 bridgehead atoms. The normalized spacial score (nSPS) is 9.71. The van der Waals surface area contributed by atoms with Gasteiger partial charge in [0.25, 0.3) is 5.56 Å². The summed E-state index contributed by atoms with van der Waals surface area (Å²) in [7, 11) is 0. The van der Waals surface area contributed by atoms with E-state index in [0.717, 1.165) is 0 Å². The Balaban J connectivity index is 3.70. The van der Waals surface area contributed by atoms with Gasteiger partial charge in [0.15, 0.2) is 5.56 Å². The fraction of sp³-hybridized carbons (Fsp3) is 0. The number of aromatic nitrogens is 2. The van der Waals surface area contributed by atoms with Crippen molar-refractivity contribution in [2.24, 2.45) is 0 Å². The molecule has 0 atom stereocenters. The smallest absolute Gasteiger partial charge is 0.353 e. The average molecular weight is 200 g/mol. The van der Waals surface area contributed by atoms with E-state index in [1.807, 2.05) is 0 Å². The summed E-state index contributed by atoms with van der Waals surface area (Å²) in [5.74, 6) is -3.41. The molecule has 0 unspecified atom stereocenters. The summed E-state index contributed by atoms with van der Waals surface area (Å²) in [5, 5.41) is 17.0. The first-order valence-electron chi connectivity index (χ1n) is 3.26. The number of carboxylic acid groups (broad SMARTS) is 2. The van der Waals surface area contributed by atoms with E-state index in [0.29, 0.717) is 0 Å². The van der Waals surface area contributed by atoms with Gasteiger partial charge in [-0.25, -0.2) is 14.4 Å². The second-order valence-electron chi connectivity index (χ2n) is 2.27. The largest absolute Gasteiger partial charge is 0.477 e. The molecule has 74 valence electrons. The molecule has 0 aliphatic rings. The molecule has 4 N–H and O–H groups in total. The Labute approximate surface area is 74.8 Å². The Kier molecular flexibility index (Phi) is 2.19. The zero-order valence-corrected chi connectivity index (χ0v) is 6.53. The Morgan fingerprint density at radius 1 is 1.00 bits per heavy atom. The molecule has 1 aromatic rings. The maximum Gasteiger partial charge on any atom is 0.353 e. The van der Waals surface area contributed by atoms with Crippen LogP contribution in [-0.4, -0.2) is 32.1 Å². The molecule has 0 aliphatic carbocycles. The van der Waals surface area contributed by atoms with Gasteiger partial charge in [0.2, 0.25) is 0 Å². The van der Waals surface area contributed by atoms with Gasteiger partial charge in [0.1, 0.15) is 5.69 Å². The zero-order chi connectivity index (χ0) is 10.9. The molecule has 0 saturated heterocycles. The molecule has 8 nitrogen and oxygen atoms in total. The molecule has 0 saturated carbocycles. The second kappa shape index (κ2) is 3.17. The fourth-order valence-corrected chi connectivity index (χ4v) is 0.851. The minimum atomic E-state index is -1.72. The molecule has 1 rings (SSSR count). The molecule has 0 fully saturated rings. The van der Waals surface area contributed by atoms with Gasteiger partial charge in [-0.3, -0.25) is 9.78 Å². The van der Waals surface area contributed by atoms with E-state index in [1.54, 1.807) is 9.97 Å². The average Bonchev–Trinajstić information content (AvgIpc) is 2.01. The van der Waals surface area contributed by atoms with Crippen molar-refractivity contribution in [3.63, 3.8) is 0 Å². The van der Waals surface area contributed by atoms with Crippen LogP contribution in [0.3, 0.4) is 0 Å². The number of H-pyrrole nitrogens is 2. The first-order chi connectivity index (χ1) is 6.43. The van der Waals surface area contributed by atoms with Crippen LogP contribution < -0.4 is 11.2 Å². The van der Waals surface area contributed by atoms with E-state index in [-0.39, 0.29) is 0 Å². The minimum Gasteiger partial charge on any atom is -0.477 e. The number of hydrogen-bond acceptors (Lipinski definition) is 4.